The van der Waals surface area contributed by atoms with Crippen LogP contribution in [0.5, 0.6) is 0 Å². The van der Waals surface area contributed by atoms with Crippen LogP contribution in [0.3, 0.4) is 0 Å². The Balaban J connectivity index is 0.000000181. The molecule has 0 radical (unpaired) electrons. The van der Waals surface area contributed by atoms with Crippen molar-refractivity contribution in [2.45, 2.75) is 13.1 Å². The molecule has 0 bridgehead atoms. The lowest BCUT2D eigenvalue weighted by molar-refractivity contribution is 1.05. The molecule has 0 spiro atoms. The van der Waals surface area contributed by atoms with Crippen molar-refractivity contribution in [1.82, 2.24) is 29.9 Å². The number of anilines is 1. The van der Waals surface area contributed by atoms with E-state index in [2.05, 4.69) is 35.2 Å². The van der Waals surface area contributed by atoms with Crippen LogP contribution in [0, 0.1) is 0 Å². The van der Waals surface area contributed by atoms with Crippen LogP contribution >= 0.6 is 34.8 Å². The summed E-state index contributed by atoms with van der Waals surface area (Å²) in [4.78, 5) is 22.9. The zero-order chi connectivity index (χ0) is 22.3. The van der Waals surface area contributed by atoms with Crippen LogP contribution in [0.15, 0.2) is 73.8 Å². The Morgan fingerprint density at radius 2 is 1.29 bits per heavy atom. The number of rotatable bonds is 4. The first-order chi connectivity index (χ1) is 15.1. The molecule has 3 N–H and O–H groups in total. The van der Waals surface area contributed by atoms with E-state index in [1.165, 1.54) is 18.7 Å². The van der Waals surface area contributed by atoms with Gasteiger partial charge in [0, 0.05) is 50.0 Å². The van der Waals surface area contributed by atoms with E-state index in [-0.39, 0.29) is 0 Å². The lowest BCUT2D eigenvalue weighted by Crippen LogP contribution is -2.01. The van der Waals surface area contributed by atoms with Gasteiger partial charge in [0.15, 0.2) is 0 Å². The second-order valence-electron chi connectivity index (χ2n) is 5.67. The van der Waals surface area contributed by atoms with Gasteiger partial charge in [0.2, 0.25) is 0 Å². The van der Waals surface area contributed by atoms with Crippen LogP contribution in [0.25, 0.3) is 0 Å². The summed E-state index contributed by atoms with van der Waals surface area (Å²) in [5.41, 5.74) is 7.48. The fourth-order valence-corrected chi connectivity index (χ4v) is 2.45. The second-order valence-corrected chi connectivity index (χ2v) is 6.83. The van der Waals surface area contributed by atoms with Gasteiger partial charge in [-0.15, -0.1) is 0 Å². The van der Waals surface area contributed by atoms with Crippen molar-refractivity contribution in [2.24, 2.45) is 5.73 Å². The molecule has 0 saturated carbocycles. The van der Waals surface area contributed by atoms with Crippen LogP contribution in [-0.2, 0) is 13.1 Å². The van der Waals surface area contributed by atoms with Crippen molar-refractivity contribution in [3.8, 4) is 0 Å². The summed E-state index contributed by atoms with van der Waals surface area (Å²) in [7, 11) is 0. The average molecular weight is 478 g/mol. The Bertz CT molecular complexity index is 1010. The first kappa shape index (κ1) is 24.4. The van der Waals surface area contributed by atoms with Gasteiger partial charge < -0.3 is 11.1 Å². The van der Waals surface area contributed by atoms with Crippen LogP contribution in [0.1, 0.15) is 11.1 Å². The molecule has 160 valence electrons. The van der Waals surface area contributed by atoms with Crippen molar-refractivity contribution in [3.05, 3.63) is 100 Å². The average Bonchev–Trinajstić information content (AvgIpc) is 2.80. The van der Waals surface area contributed by atoms with Crippen molar-refractivity contribution >= 4 is 40.6 Å². The maximum Gasteiger partial charge on any atom is 0.134 e. The topological polar surface area (TPSA) is 115 Å². The van der Waals surface area contributed by atoms with Crippen molar-refractivity contribution < 1.29 is 0 Å². The largest absolute Gasteiger partial charge is 0.366 e. The molecule has 8 nitrogen and oxygen atoms in total. The van der Waals surface area contributed by atoms with Gasteiger partial charge in [-0.25, -0.2) is 19.9 Å². The predicted molar refractivity (Wildman–Crippen MR) is 123 cm³/mol. The lowest BCUT2D eigenvalue weighted by atomic mass is 10.3. The minimum absolute atomic E-state index is 0.366. The van der Waals surface area contributed by atoms with E-state index < -0.39 is 0 Å². The third-order valence-corrected chi connectivity index (χ3v) is 4.01. The minimum atomic E-state index is 0.366. The molecule has 4 aromatic heterocycles. The Morgan fingerprint density at radius 3 is 1.71 bits per heavy atom. The Kier molecular flexibility index (Phi) is 11.1. The zero-order valence-corrected chi connectivity index (χ0v) is 18.5. The number of nitrogens with two attached hydrogens (primary N) is 1. The number of hydrogen-bond donors (Lipinski definition) is 2. The maximum atomic E-state index is 5.72. The summed E-state index contributed by atoms with van der Waals surface area (Å²) in [5.74, 6) is 0.707. The van der Waals surface area contributed by atoms with Crippen LogP contribution in [0.4, 0.5) is 5.82 Å². The molecule has 0 aliphatic rings. The summed E-state index contributed by atoms with van der Waals surface area (Å²) in [6, 6.07) is 10.9. The zero-order valence-electron chi connectivity index (χ0n) is 16.2. The molecular formula is C20H19Cl3N8. The minimum Gasteiger partial charge on any atom is -0.366 e. The molecule has 0 aromatic carbocycles. The molecule has 0 fully saturated rings. The highest BCUT2D eigenvalue weighted by Crippen LogP contribution is 2.10. The first-order valence-electron chi connectivity index (χ1n) is 8.89. The molecule has 0 amide bonds. The maximum absolute atomic E-state index is 5.72. The van der Waals surface area contributed by atoms with Gasteiger partial charge in [-0.3, -0.25) is 9.97 Å². The molecule has 0 atom stereocenters. The summed E-state index contributed by atoms with van der Waals surface area (Å²) in [5, 5.41) is 4.29. The monoisotopic (exact) mass is 476 g/mol. The molecule has 0 saturated heterocycles. The van der Waals surface area contributed by atoms with Gasteiger partial charge in [0.05, 0.1) is 0 Å². The summed E-state index contributed by atoms with van der Waals surface area (Å²) >= 11 is 16.5. The normalized spacial score (nSPS) is 9.55. The number of nitrogens with one attached hydrogen (secondary N) is 1. The van der Waals surface area contributed by atoms with Gasteiger partial charge >= 0.3 is 0 Å². The molecule has 4 rings (SSSR count). The molecule has 0 aliphatic heterocycles. The van der Waals surface area contributed by atoms with E-state index in [9.17, 15) is 0 Å². The molecule has 0 aliphatic carbocycles. The van der Waals surface area contributed by atoms with Crippen LogP contribution in [-0.4, -0.2) is 29.9 Å². The summed E-state index contributed by atoms with van der Waals surface area (Å²) < 4.78 is 0. The number of pyridine rings is 2. The highest BCUT2D eigenvalue weighted by molar-refractivity contribution is 6.33. The third kappa shape index (κ3) is 10.6. The number of halogens is 3. The lowest BCUT2D eigenvalue weighted by Gasteiger charge is -2.04. The Hall–Kier alpha value is -2.91. The molecule has 31 heavy (non-hydrogen) atoms. The number of hydrogen-bond acceptors (Lipinski definition) is 8. The van der Waals surface area contributed by atoms with E-state index in [1.807, 2.05) is 24.3 Å². The Morgan fingerprint density at radius 1 is 0.742 bits per heavy atom. The fraction of sp³-hybridized carbons (Fsp3) is 0.100. The molecular weight excluding hydrogens is 459 g/mol. The highest BCUT2D eigenvalue weighted by atomic mass is 35.5. The molecule has 11 heteroatoms. The summed E-state index contributed by atoms with van der Waals surface area (Å²) in [6.45, 7) is 1.25. The third-order valence-electron chi connectivity index (χ3n) is 3.39. The smallest absolute Gasteiger partial charge is 0.134 e. The number of nitrogens with zero attached hydrogens (tertiary/aromatic N) is 6. The Labute approximate surface area is 194 Å². The van der Waals surface area contributed by atoms with Gasteiger partial charge in [-0.2, -0.15) is 0 Å². The van der Waals surface area contributed by atoms with Crippen LogP contribution in [0.2, 0.25) is 15.5 Å². The van der Waals surface area contributed by atoms with Gasteiger partial charge in [-0.1, -0.05) is 46.9 Å². The van der Waals surface area contributed by atoms with Crippen LogP contribution < -0.4 is 11.1 Å². The second kappa shape index (κ2) is 14.2. The number of aromatic nitrogens is 6. The van der Waals surface area contributed by atoms with Gasteiger partial charge in [0.1, 0.15) is 33.9 Å². The van der Waals surface area contributed by atoms with Gasteiger partial charge in [-0.05, 0) is 23.3 Å². The SMILES string of the molecule is Clc1cc(Cl)ncn1.Clc1cc(NCc2cccnc2)ncn1.NCc1cccnc1. The standard InChI is InChI=1S/C10H9ClN4.C6H8N2.C4H2Cl2N2/c11-9-4-10(15-7-14-9)13-6-8-2-1-3-12-5-8;7-4-6-2-1-3-8-5-6;5-3-1-4(6)8-2-7-3/h1-5,7H,6H2,(H,13,14,15);1-3,5H,4,7H2;1-2H. The first-order valence-corrected chi connectivity index (χ1v) is 10.0. The van der Waals surface area contributed by atoms with Crippen molar-refractivity contribution in [3.63, 3.8) is 0 Å². The van der Waals surface area contributed by atoms with E-state index in [1.54, 1.807) is 30.9 Å². The van der Waals surface area contributed by atoms with E-state index >= 15 is 0 Å². The van der Waals surface area contributed by atoms with E-state index in [0.29, 0.717) is 34.4 Å². The fourth-order valence-electron chi connectivity index (χ4n) is 1.96. The highest BCUT2D eigenvalue weighted by Gasteiger charge is 1.96. The predicted octanol–water partition coefficient (Wildman–Crippen LogP) is 4.46. The van der Waals surface area contributed by atoms with E-state index in [0.717, 1.165) is 11.1 Å². The van der Waals surface area contributed by atoms with Crippen molar-refractivity contribution in [1.29, 1.82) is 0 Å². The molecule has 0 unspecified atom stereocenters. The van der Waals surface area contributed by atoms with Gasteiger partial charge in [0.25, 0.3) is 0 Å². The molecule has 4 aromatic rings. The molecule has 4 heterocycles. The van der Waals surface area contributed by atoms with Crippen molar-refractivity contribution in [2.75, 3.05) is 5.32 Å². The quantitative estimate of drug-likeness (QED) is 0.414. The van der Waals surface area contributed by atoms with E-state index in [4.69, 9.17) is 40.5 Å². The summed E-state index contributed by atoms with van der Waals surface area (Å²) in [6.07, 6.45) is 9.78.